The molecule has 2 aliphatic carbocycles. The summed E-state index contributed by atoms with van der Waals surface area (Å²) in [6, 6.07) is 0. The SMILES string of the molecule is CCCNCCC1=CC2CC2C=C1. The molecule has 1 nitrogen and oxygen atoms in total. The van der Waals surface area contributed by atoms with E-state index in [4.69, 9.17) is 0 Å². The van der Waals surface area contributed by atoms with Crippen molar-refractivity contribution in [3.05, 3.63) is 23.8 Å². The highest BCUT2D eigenvalue weighted by molar-refractivity contribution is 5.30. The monoisotopic (exact) mass is 177 g/mol. The molecule has 1 saturated carbocycles. The maximum atomic E-state index is 3.44. The molecule has 13 heavy (non-hydrogen) atoms. The summed E-state index contributed by atoms with van der Waals surface area (Å²) in [5.41, 5.74) is 1.54. The third-order valence-electron chi connectivity index (χ3n) is 2.89. The van der Waals surface area contributed by atoms with Gasteiger partial charge in [-0.05, 0) is 44.2 Å². The molecule has 1 fully saturated rings. The first-order chi connectivity index (χ1) is 6.40. The van der Waals surface area contributed by atoms with Crippen LogP contribution in [0.5, 0.6) is 0 Å². The minimum atomic E-state index is 0.908. The van der Waals surface area contributed by atoms with Gasteiger partial charge in [0, 0.05) is 0 Å². The topological polar surface area (TPSA) is 12.0 Å². The van der Waals surface area contributed by atoms with Crippen molar-refractivity contribution >= 4 is 0 Å². The van der Waals surface area contributed by atoms with E-state index in [-0.39, 0.29) is 0 Å². The van der Waals surface area contributed by atoms with Gasteiger partial charge in [0.2, 0.25) is 0 Å². The summed E-state index contributed by atoms with van der Waals surface area (Å²) in [4.78, 5) is 0. The van der Waals surface area contributed by atoms with E-state index in [2.05, 4.69) is 30.5 Å². The Morgan fingerprint density at radius 3 is 3.08 bits per heavy atom. The lowest BCUT2D eigenvalue weighted by Crippen LogP contribution is -2.16. The van der Waals surface area contributed by atoms with Gasteiger partial charge in [-0.25, -0.2) is 0 Å². The van der Waals surface area contributed by atoms with Crippen LogP contribution >= 0.6 is 0 Å². The van der Waals surface area contributed by atoms with Gasteiger partial charge in [-0.15, -0.1) is 0 Å². The van der Waals surface area contributed by atoms with Gasteiger partial charge in [0.15, 0.2) is 0 Å². The molecule has 1 N–H and O–H groups in total. The van der Waals surface area contributed by atoms with E-state index in [9.17, 15) is 0 Å². The van der Waals surface area contributed by atoms with E-state index in [1.165, 1.54) is 19.3 Å². The Hall–Kier alpha value is -0.560. The second-order valence-electron chi connectivity index (χ2n) is 4.16. The molecular weight excluding hydrogens is 158 g/mol. The fourth-order valence-electron chi connectivity index (χ4n) is 1.93. The number of hydrogen-bond donors (Lipinski definition) is 1. The first kappa shape index (κ1) is 9.01. The van der Waals surface area contributed by atoms with Crippen LogP contribution in [0.1, 0.15) is 26.2 Å². The molecule has 0 aromatic rings. The zero-order valence-corrected chi connectivity index (χ0v) is 8.42. The summed E-state index contributed by atoms with van der Waals surface area (Å²) in [5, 5.41) is 3.44. The van der Waals surface area contributed by atoms with E-state index in [0.29, 0.717) is 0 Å². The van der Waals surface area contributed by atoms with Crippen LogP contribution < -0.4 is 5.32 Å². The molecule has 0 aromatic heterocycles. The van der Waals surface area contributed by atoms with Crippen LogP contribution in [-0.2, 0) is 0 Å². The molecule has 0 spiro atoms. The molecular formula is C12H19N. The third-order valence-corrected chi connectivity index (χ3v) is 2.89. The highest BCUT2D eigenvalue weighted by atomic mass is 14.8. The molecule has 0 aromatic carbocycles. The quantitative estimate of drug-likeness (QED) is 0.636. The van der Waals surface area contributed by atoms with E-state index in [1.807, 2.05) is 0 Å². The summed E-state index contributed by atoms with van der Waals surface area (Å²) < 4.78 is 0. The van der Waals surface area contributed by atoms with Gasteiger partial charge in [-0.3, -0.25) is 0 Å². The average Bonchev–Trinajstić information content (AvgIpc) is 2.90. The Bertz CT molecular complexity index is 227. The molecule has 0 amide bonds. The van der Waals surface area contributed by atoms with Crippen molar-refractivity contribution in [1.82, 2.24) is 5.32 Å². The van der Waals surface area contributed by atoms with Crippen LogP contribution in [0.15, 0.2) is 23.8 Å². The van der Waals surface area contributed by atoms with Gasteiger partial charge in [0.1, 0.15) is 0 Å². The van der Waals surface area contributed by atoms with Crippen LogP contribution in [0.4, 0.5) is 0 Å². The minimum absolute atomic E-state index is 0.908. The molecule has 0 aliphatic heterocycles. The van der Waals surface area contributed by atoms with E-state index in [0.717, 1.165) is 24.9 Å². The fraction of sp³-hybridized carbons (Fsp3) is 0.667. The summed E-state index contributed by atoms with van der Waals surface area (Å²) in [7, 11) is 0. The van der Waals surface area contributed by atoms with Gasteiger partial charge in [0.05, 0.1) is 0 Å². The molecule has 2 atom stereocenters. The number of hydrogen-bond acceptors (Lipinski definition) is 1. The van der Waals surface area contributed by atoms with Crippen molar-refractivity contribution in [3.63, 3.8) is 0 Å². The molecule has 2 rings (SSSR count). The summed E-state index contributed by atoms with van der Waals surface area (Å²) in [5.74, 6) is 1.82. The van der Waals surface area contributed by atoms with Crippen molar-refractivity contribution < 1.29 is 0 Å². The van der Waals surface area contributed by atoms with Gasteiger partial charge in [-0.1, -0.05) is 30.7 Å². The van der Waals surface area contributed by atoms with Crippen molar-refractivity contribution in [3.8, 4) is 0 Å². The smallest absolute Gasteiger partial charge is 0.000847 e. The molecule has 2 unspecified atom stereocenters. The number of rotatable bonds is 5. The molecule has 0 bridgehead atoms. The van der Waals surface area contributed by atoms with Gasteiger partial charge >= 0.3 is 0 Å². The lowest BCUT2D eigenvalue weighted by molar-refractivity contribution is 0.670. The first-order valence-electron chi connectivity index (χ1n) is 5.49. The molecule has 0 saturated heterocycles. The normalized spacial score (nSPS) is 29.8. The van der Waals surface area contributed by atoms with E-state index >= 15 is 0 Å². The zero-order chi connectivity index (χ0) is 9.10. The Balaban J connectivity index is 1.67. The Morgan fingerprint density at radius 1 is 1.38 bits per heavy atom. The Kier molecular flexibility index (Phi) is 2.84. The van der Waals surface area contributed by atoms with Crippen molar-refractivity contribution in [2.24, 2.45) is 11.8 Å². The summed E-state index contributed by atoms with van der Waals surface area (Å²) >= 11 is 0. The lowest BCUT2D eigenvalue weighted by Gasteiger charge is -2.06. The van der Waals surface area contributed by atoms with E-state index in [1.54, 1.807) is 5.57 Å². The van der Waals surface area contributed by atoms with Gasteiger partial charge < -0.3 is 5.32 Å². The summed E-state index contributed by atoms with van der Waals surface area (Å²) in [6.45, 7) is 4.51. The largest absolute Gasteiger partial charge is 0.316 e. The van der Waals surface area contributed by atoms with Crippen molar-refractivity contribution in [1.29, 1.82) is 0 Å². The predicted molar refractivity (Wildman–Crippen MR) is 56.6 cm³/mol. The highest BCUT2D eigenvalue weighted by Gasteiger charge is 2.34. The number of allylic oxidation sites excluding steroid dienone is 3. The molecule has 0 radical (unpaired) electrons. The van der Waals surface area contributed by atoms with Crippen LogP contribution in [0.25, 0.3) is 0 Å². The maximum Gasteiger partial charge on any atom is -0.000847 e. The molecule has 1 heteroatoms. The van der Waals surface area contributed by atoms with Crippen LogP contribution in [0.3, 0.4) is 0 Å². The highest BCUT2D eigenvalue weighted by Crippen LogP contribution is 2.44. The first-order valence-corrected chi connectivity index (χ1v) is 5.49. The van der Waals surface area contributed by atoms with Crippen molar-refractivity contribution in [2.45, 2.75) is 26.2 Å². The van der Waals surface area contributed by atoms with Crippen molar-refractivity contribution in [2.75, 3.05) is 13.1 Å². The van der Waals surface area contributed by atoms with Crippen LogP contribution in [0.2, 0.25) is 0 Å². The minimum Gasteiger partial charge on any atom is -0.316 e. The predicted octanol–water partition coefficient (Wildman–Crippen LogP) is 2.51. The van der Waals surface area contributed by atoms with E-state index < -0.39 is 0 Å². The summed E-state index contributed by atoms with van der Waals surface area (Å²) in [6.07, 6.45) is 11.0. The fourth-order valence-corrected chi connectivity index (χ4v) is 1.93. The molecule has 0 heterocycles. The molecule has 72 valence electrons. The standard InChI is InChI=1S/C12H19N/c1-2-6-13-7-5-10-3-4-11-9-12(11)8-10/h3-4,8,11-13H,2,5-7,9H2,1H3. The third kappa shape index (κ3) is 2.44. The zero-order valence-electron chi connectivity index (χ0n) is 8.42. The van der Waals surface area contributed by atoms with Gasteiger partial charge in [0.25, 0.3) is 0 Å². The van der Waals surface area contributed by atoms with Crippen LogP contribution in [-0.4, -0.2) is 13.1 Å². The average molecular weight is 177 g/mol. The number of nitrogens with one attached hydrogen (secondary N) is 1. The number of fused-ring (bicyclic) bond motifs is 1. The maximum absolute atomic E-state index is 3.44. The molecule has 2 aliphatic rings. The lowest BCUT2D eigenvalue weighted by atomic mass is 10.0. The Labute approximate surface area is 80.9 Å². The van der Waals surface area contributed by atoms with Crippen LogP contribution in [0, 0.1) is 11.8 Å². The second kappa shape index (κ2) is 4.10. The Morgan fingerprint density at radius 2 is 2.31 bits per heavy atom. The van der Waals surface area contributed by atoms with Gasteiger partial charge in [-0.2, -0.15) is 0 Å². The second-order valence-corrected chi connectivity index (χ2v) is 4.16.